The van der Waals surface area contributed by atoms with Gasteiger partial charge in [-0.3, -0.25) is 4.79 Å². The van der Waals surface area contributed by atoms with Crippen molar-refractivity contribution in [3.63, 3.8) is 0 Å². The highest BCUT2D eigenvalue weighted by Crippen LogP contribution is 2.18. The lowest BCUT2D eigenvalue weighted by Crippen LogP contribution is -2.38. The number of carboxylic acid groups (broad SMARTS) is 1. The van der Waals surface area contributed by atoms with E-state index < -0.39 is 18.0 Å². The zero-order valence-electron chi connectivity index (χ0n) is 13.7. The second kappa shape index (κ2) is 7.51. The van der Waals surface area contributed by atoms with Gasteiger partial charge in [-0.05, 0) is 23.8 Å². The number of benzene rings is 1. The lowest BCUT2D eigenvalue weighted by Gasteiger charge is -2.16. The number of carboxylic acids is 1. The summed E-state index contributed by atoms with van der Waals surface area (Å²) < 4.78 is 5.10. The summed E-state index contributed by atoms with van der Waals surface area (Å²) in [6.45, 7) is 0.418. The maximum Gasteiger partial charge on any atom is 0.348 e. The smallest absolute Gasteiger partial charge is 0.348 e. The number of hydrogen-bond acceptors (Lipinski definition) is 5. The van der Waals surface area contributed by atoms with E-state index in [1.54, 1.807) is 36.4 Å². The summed E-state index contributed by atoms with van der Waals surface area (Å²) in [5.74, 6) is -0.523. The van der Waals surface area contributed by atoms with Crippen LogP contribution < -0.4 is 5.32 Å². The highest BCUT2D eigenvalue weighted by molar-refractivity contribution is 6.02. The van der Waals surface area contributed by atoms with Gasteiger partial charge in [0.25, 0.3) is 0 Å². The van der Waals surface area contributed by atoms with Gasteiger partial charge in [0.05, 0.1) is 32.0 Å². The Morgan fingerprint density at radius 3 is 2.77 bits per heavy atom. The predicted molar refractivity (Wildman–Crippen MR) is 91.9 cm³/mol. The Bertz CT molecular complexity index is 847. The summed E-state index contributed by atoms with van der Waals surface area (Å²) in [5.41, 5.74) is 0.804. The third-order valence-electron chi connectivity index (χ3n) is 3.70. The number of imide groups is 1. The minimum atomic E-state index is -1.01. The van der Waals surface area contributed by atoms with Crippen LogP contribution in [-0.2, 0) is 11.2 Å². The monoisotopic (exact) mass is 356 g/mol. The van der Waals surface area contributed by atoms with Crippen molar-refractivity contribution in [1.82, 2.24) is 9.91 Å². The maximum atomic E-state index is 12.4. The summed E-state index contributed by atoms with van der Waals surface area (Å²) in [7, 11) is 0. The Kier molecular flexibility index (Phi) is 4.97. The second-order valence-electron chi connectivity index (χ2n) is 5.48. The quantitative estimate of drug-likeness (QED) is 0.797. The summed E-state index contributed by atoms with van der Waals surface area (Å²) in [6, 6.07) is 8.73. The van der Waals surface area contributed by atoms with Gasteiger partial charge in [-0.1, -0.05) is 18.2 Å². The van der Waals surface area contributed by atoms with Crippen LogP contribution in [0.5, 0.6) is 0 Å². The molecule has 0 aliphatic carbocycles. The molecule has 1 aromatic heterocycles. The average Bonchev–Trinajstić information content (AvgIpc) is 3.24. The van der Waals surface area contributed by atoms with Gasteiger partial charge in [0.1, 0.15) is 5.76 Å². The van der Waals surface area contributed by atoms with Crippen LogP contribution in [0.4, 0.5) is 15.3 Å². The maximum absolute atomic E-state index is 12.4. The lowest BCUT2D eigenvalue weighted by molar-refractivity contribution is -0.136. The molecule has 1 saturated heterocycles. The molecule has 0 atom stereocenters. The number of nitrogens with one attached hydrogen (secondary N) is 1. The Hall–Kier alpha value is -3.62. The fourth-order valence-corrected chi connectivity index (χ4v) is 2.45. The molecule has 9 nitrogen and oxygen atoms in total. The van der Waals surface area contributed by atoms with Gasteiger partial charge in [0, 0.05) is 5.69 Å². The van der Waals surface area contributed by atoms with Gasteiger partial charge in [-0.15, -0.1) is 0 Å². The molecule has 1 aromatic carbocycles. The molecular weight excluding hydrogens is 340 g/mol. The van der Waals surface area contributed by atoms with E-state index in [9.17, 15) is 14.4 Å². The number of nitrogens with zero attached hydrogens (tertiary/aromatic N) is 3. The fraction of sp³-hybridized carbons (Fsp3) is 0.176. The zero-order chi connectivity index (χ0) is 18.5. The summed E-state index contributed by atoms with van der Waals surface area (Å²) >= 11 is 0. The summed E-state index contributed by atoms with van der Waals surface area (Å²) in [6.07, 6.45) is 2.65. The van der Waals surface area contributed by atoms with Crippen molar-refractivity contribution in [3.8, 4) is 0 Å². The van der Waals surface area contributed by atoms with Crippen LogP contribution in [0.25, 0.3) is 0 Å². The van der Waals surface area contributed by atoms with Gasteiger partial charge in [-0.2, -0.15) is 5.10 Å². The molecule has 9 heteroatoms. The predicted octanol–water partition coefficient (Wildman–Crippen LogP) is 2.21. The number of hydrogen-bond donors (Lipinski definition) is 2. The van der Waals surface area contributed by atoms with E-state index in [0.717, 1.165) is 9.91 Å². The second-order valence-corrected chi connectivity index (χ2v) is 5.48. The largest absolute Gasteiger partial charge is 0.481 e. The van der Waals surface area contributed by atoms with Gasteiger partial charge in [0.15, 0.2) is 0 Å². The first-order chi connectivity index (χ1) is 12.5. The van der Waals surface area contributed by atoms with Crippen molar-refractivity contribution in [3.05, 3.63) is 54.0 Å². The van der Waals surface area contributed by atoms with Crippen LogP contribution in [0, 0.1) is 0 Å². The van der Waals surface area contributed by atoms with Crippen LogP contribution in [0.15, 0.2) is 52.2 Å². The molecule has 1 fully saturated rings. The molecule has 134 valence electrons. The molecule has 1 aliphatic rings. The third-order valence-corrected chi connectivity index (χ3v) is 3.70. The SMILES string of the molecule is O=C(O)Cc1ccccc1NC(=O)N1CCN(N=Cc2ccco2)C1=O. The van der Waals surface area contributed by atoms with E-state index in [4.69, 9.17) is 9.52 Å². The van der Waals surface area contributed by atoms with E-state index in [2.05, 4.69) is 10.4 Å². The number of furan rings is 1. The van der Waals surface area contributed by atoms with Crippen LogP contribution in [0.3, 0.4) is 0 Å². The molecule has 0 unspecified atom stereocenters. The Labute approximate surface area is 148 Å². The average molecular weight is 356 g/mol. The molecule has 0 saturated carbocycles. The molecule has 0 bridgehead atoms. The number of urea groups is 2. The van der Waals surface area contributed by atoms with Crippen molar-refractivity contribution >= 4 is 29.9 Å². The van der Waals surface area contributed by atoms with Gasteiger partial charge in [0.2, 0.25) is 0 Å². The minimum absolute atomic E-state index is 0.168. The molecule has 2 aromatic rings. The van der Waals surface area contributed by atoms with Gasteiger partial charge < -0.3 is 14.8 Å². The van der Waals surface area contributed by atoms with Crippen LogP contribution in [-0.4, -0.2) is 52.4 Å². The van der Waals surface area contributed by atoms with E-state index in [1.807, 2.05) is 0 Å². The van der Waals surface area contributed by atoms with Gasteiger partial charge >= 0.3 is 18.0 Å². The van der Waals surface area contributed by atoms with E-state index >= 15 is 0 Å². The number of hydrazone groups is 1. The van der Waals surface area contributed by atoms with Crippen molar-refractivity contribution in [2.75, 3.05) is 18.4 Å². The molecule has 3 rings (SSSR count). The number of carbonyl (C=O) groups excluding carboxylic acids is 2. The fourth-order valence-electron chi connectivity index (χ4n) is 2.45. The van der Waals surface area contributed by atoms with Crippen LogP contribution >= 0.6 is 0 Å². The van der Waals surface area contributed by atoms with E-state index in [-0.39, 0.29) is 19.5 Å². The normalized spacial score (nSPS) is 14.2. The van der Waals surface area contributed by atoms with E-state index in [1.165, 1.54) is 12.5 Å². The molecular formula is C17H16N4O5. The topological polar surface area (TPSA) is 115 Å². The summed E-state index contributed by atoms with van der Waals surface area (Å²) in [4.78, 5) is 36.6. The van der Waals surface area contributed by atoms with Crippen molar-refractivity contribution in [2.24, 2.45) is 5.10 Å². The van der Waals surface area contributed by atoms with Crippen molar-refractivity contribution in [2.45, 2.75) is 6.42 Å². The number of para-hydroxylation sites is 1. The molecule has 1 aliphatic heterocycles. The number of anilines is 1. The van der Waals surface area contributed by atoms with Crippen molar-refractivity contribution < 1.29 is 23.9 Å². The Morgan fingerprint density at radius 2 is 2.04 bits per heavy atom. The molecule has 2 N–H and O–H groups in total. The number of aliphatic carboxylic acids is 1. The standard InChI is InChI=1S/C17H16N4O5/c22-15(23)10-12-4-1-2-6-14(12)19-16(24)20-7-8-21(17(20)25)18-11-13-5-3-9-26-13/h1-6,9,11H,7-8,10H2,(H,19,24)(H,22,23). The minimum Gasteiger partial charge on any atom is -0.481 e. The Morgan fingerprint density at radius 1 is 1.23 bits per heavy atom. The molecule has 26 heavy (non-hydrogen) atoms. The lowest BCUT2D eigenvalue weighted by atomic mass is 10.1. The first-order valence-electron chi connectivity index (χ1n) is 7.82. The number of amides is 4. The highest BCUT2D eigenvalue weighted by atomic mass is 16.4. The first kappa shape index (κ1) is 17.2. The molecule has 2 heterocycles. The summed E-state index contributed by atoms with van der Waals surface area (Å²) in [5, 5.41) is 16.7. The van der Waals surface area contributed by atoms with Crippen molar-refractivity contribution in [1.29, 1.82) is 0 Å². The Balaban J connectivity index is 1.66. The molecule has 0 radical (unpaired) electrons. The van der Waals surface area contributed by atoms with E-state index in [0.29, 0.717) is 17.0 Å². The van der Waals surface area contributed by atoms with Crippen LogP contribution in [0.1, 0.15) is 11.3 Å². The van der Waals surface area contributed by atoms with Crippen LogP contribution in [0.2, 0.25) is 0 Å². The van der Waals surface area contributed by atoms with Gasteiger partial charge in [-0.25, -0.2) is 19.5 Å². The third kappa shape index (κ3) is 3.89. The zero-order valence-corrected chi connectivity index (χ0v) is 13.7. The highest BCUT2D eigenvalue weighted by Gasteiger charge is 2.33. The number of carbonyl (C=O) groups is 3. The first-order valence-corrected chi connectivity index (χ1v) is 7.82. The molecule has 0 spiro atoms. The molecule has 4 amide bonds. The number of rotatable bonds is 5.